The van der Waals surface area contributed by atoms with E-state index < -0.39 is 0 Å². The number of H-pyrrole nitrogens is 1. The van der Waals surface area contributed by atoms with Gasteiger partial charge in [0.2, 0.25) is 5.28 Å². The molecule has 0 amide bonds. The van der Waals surface area contributed by atoms with E-state index in [4.69, 9.17) is 16.3 Å². The quantitative estimate of drug-likeness (QED) is 0.870. The predicted molar refractivity (Wildman–Crippen MR) is 73.5 cm³/mol. The summed E-state index contributed by atoms with van der Waals surface area (Å²) in [5.74, 6) is 1.32. The van der Waals surface area contributed by atoms with E-state index in [0.29, 0.717) is 11.6 Å². The number of imidazole rings is 1. The van der Waals surface area contributed by atoms with E-state index in [9.17, 15) is 0 Å². The van der Waals surface area contributed by atoms with Crippen LogP contribution in [0, 0.1) is 5.92 Å². The standard InChI is InChI=1S/C12H16ClN5O/c1-18(5-8-3-2-4-19-6-8)11-9-10(15-7-14-9)16-12(13)17-11/h7-8H,2-6H2,1H3,(H,14,15,16,17). The monoisotopic (exact) mass is 281 g/mol. The van der Waals surface area contributed by atoms with Crippen LogP contribution in [0.2, 0.25) is 5.28 Å². The molecule has 1 saturated heterocycles. The number of nitrogens with zero attached hydrogens (tertiary/aromatic N) is 4. The van der Waals surface area contributed by atoms with Gasteiger partial charge in [-0.3, -0.25) is 0 Å². The summed E-state index contributed by atoms with van der Waals surface area (Å²) in [5, 5.41) is 0.223. The van der Waals surface area contributed by atoms with Crippen LogP contribution in [0.1, 0.15) is 12.8 Å². The molecule has 1 unspecified atom stereocenters. The molecule has 2 aromatic heterocycles. The lowest BCUT2D eigenvalue weighted by atomic mass is 10.0. The van der Waals surface area contributed by atoms with Crippen LogP contribution in [0.5, 0.6) is 0 Å². The van der Waals surface area contributed by atoms with E-state index in [1.165, 1.54) is 6.42 Å². The number of aromatic amines is 1. The van der Waals surface area contributed by atoms with Crippen molar-refractivity contribution < 1.29 is 4.74 Å². The number of fused-ring (bicyclic) bond motifs is 1. The first-order valence-corrected chi connectivity index (χ1v) is 6.77. The van der Waals surface area contributed by atoms with Gasteiger partial charge in [-0.1, -0.05) is 0 Å². The maximum Gasteiger partial charge on any atom is 0.226 e. The minimum absolute atomic E-state index is 0.223. The first-order chi connectivity index (χ1) is 9.24. The van der Waals surface area contributed by atoms with Crippen molar-refractivity contribution in [2.24, 2.45) is 5.92 Å². The van der Waals surface area contributed by atoms with E-state index >= 15 is 0 Å². The zero-order valence-corrected chi connectivity index (χ0v) is 11.5. The average Bonchev–Trinajstić information content (AvgIpc) is 2.86. The van der Waals surface area contributed by atoms with Crippen molar-refractivity contribution in [2.45, 2.75) is 12.8 Å². The second-order valence-electron chi connectivity index (χ2n) is 4.88. The third kappa shape index (κ3) is 2.64. The summed E-state index contributed by atoms with van der Waals surface area (Å²) in [4.78, 5) is 17.7. The summed E-state index contributed by atoms with van der Waals surface area (Å²) in [5.41, 5.74) is 1.42. The molecule has 0 aromatic carbocycles. The van der Waals surface area contributed by atoms with Crippen LogP contribution in [-0.2, 0) is 4.74 Å². The van der Waals surface area contributed by atoms with Crippen molar-refractivity contribution in [2.75, 3.05) is 31.7 Å². The summed E-state index contributed by atoms with van der Waals surface area (Å²) in [6, 6.07) is 0. The Morgan fingerprint density at radius 2 is 2.42 bits per heavy atom. The molecule has 1 fully saturated rings. The minimum Gasteiger partial charge on any atom is -0.381 e. The minimum atomic E-state index is 0.223. The number of aromatic nitrogens is 4. The van der Waals surface area contributed by atoms with Crippen LogP contribution in [0.15, 0.2) is 6.33 Å². The zero-order chi connectivity index (χ0) is 13.2. The normalized spacial score (nSPS) is 19.8. The first-order valence-electron chi connectivity index (χ1n) is 6.39. The van der Waals surface area contributed by atoms with E-state index in [1.54, 1.807) is 6.33 Å². The highest BCUT2D eigenvalue weighted by Gasteiger charge is 2.19. The molecule has 1 aliphatic rings. The van der Waals surface area contributed by atoms with Crippen molar-refractivity contribution in [3.63, 3.8) is 0 Å². The summed E-state index contributed by atoms with van der Waals surface area (Å²) >= 11 is 5.94. The van der Waals surface area contributed by atoms with Gasteiger partial charge in [-0.2, -0.15) is 9.97 Å². The third-order valence-electron chi connectivity index (χ3n) is 3.39. The molecule has 3 rings (SSSR count). The van der Waals surface area contributed by atoms with Gasteiger partial charge in [0.25, 0.3) is 0 Å². The Morgan fingerprint density at radius 3 is 3.21 bits per heavy atom. The Morgan fingerprint density at radius 1 is 1.53 bits per heavy atom. The molecule has 1 aliphatic heterocycles. The van der Waals surface area contributed by atoms with Gasteiger partial charge in [-0.25, -0.2) is 4.98 Å². The molecule has 0 spiro atoms. The lowest BCUT2D eigenvalue weighted by Gasteiger charge is -2.27. The van der Waals surface area contributed by atoms with Crippen LogP contribution in [0.4, 0.5) is 5.82 Å². The molecule has 2 aromatic rings. The van der Waals surface area contributed by atoms with Gasteiger partial charge in [-0.15, -0.1) is 0 Å². The molecule has 0 saturated carbocycles. The first kappa shape index (κ1) is 12.6. The van der Waals surface area contributed by atoms with Gasteiger partial charge in [0.15, 0.2) is 11.5 Å². The van der Waals surface area contributed by atoms with Crippen molar-refractivity contribution in [1.29, 1.82) is 0 Å². The molecular weight excluding hydrogens is 266 g/mol. The molecule has 7 heteroatoms. The van der Waals surface area contributed by atoms with Crippen LogP contribution in [0.25, 0.3) is 11.2 Å². The SMILES string of the molecule is CN(CC1CCCOC1)c1nc(Cl)nc2nc[nH]c12. The highest BCUT2D eigenvalue weighted by Crippen LogP contribution is 2.24. The highest BCUT2D eigenvalue weighted by molar-refractivity contribution is 6.28. The van der Waals surface area contributed by atoms with Gasteiger partial charge in [0.05, 0.1) is 12.9 Å². The van der Waals surface area contributed by atoms with E-state index in [1.807, 2.05) is 7.05 Å². The Balaban J connectivity index is 1.83. The molecule has 102 valence electrons. The molecule has 19 heavy (non-hydrogen) atoms. The Kier molecular flexibility index (Phi) is 3.52. The fraction of sp³-hybridized carbons (Fsp3) is 0.583. The van der Waals surface area contributed by atoms with Crippen molar-refractivity contribution >= 4 is 28.6 Å². The smallest absolute Gasteiger partial charge is 0.226 e. The Hall–Kier alpha value is -1.40. The van der Waals surface area contributed by atoms with Crippen LogP contribution >= 0.6 is 11.6 Å². The number of hydrogen-bond acceptors (Lipinski definition) is 5. The van der Waals surface area contributed by atoms with Gasteiger partial charge in [-0.05, 0) is 30.4 Å². The molecular formula is C12H16ClN5O. The summed E-state index contributed by atoms with van der Waals surface area (Å²) in [6.07, 6.45) is 3.93. The molecule has 3 heterocycles. The van der Waals surface area contributed by atoms with Crippen molar-refractivity contribution in [3.8, 4) is 0 Å². The number of nitrogens with one attached hydrogen (secondary N) is 1. The average molecular weight is 282 g/mol. The Labute approximate surface area is 116 Å². The number of rotatable bonds is 3. The molecule has 1 atom stereocenters. The van der Waals surface area contributed by atoms with Crippen molar-refractivity contribution in [3.05, 3.63) is 11.6 Å². The number of anilines is 1. The molecule has 0 aliphatic carbocycles. The second-order valence-corrected chi connectivity index (χ2v) is 5.22. The van der Waals surface area contributed by atoms with E-state index in [-0.39, 0.29) is 5.28 Å². The van der Waals surface area contributed by atoms with Gasteiger partial charge in [0.1, 0.15) is 5.52 Å². The van der Waals surface area contributed by atoms with Gasteiger partial charge in [0, 0.05) is 20.2 Å². The van der Waals surface area contributed by atoms with E-state index in [0.717, 1.165) is 37.5 Å². The lowest BCUT2D eigenvalue weighted by Crippen LogP contribution is -2.31. The van der Waals surface area contributed by atoms with E-state index in [2.05, 4.69) is 24.8 Å². The van der Waals surface area contributed by atoms with Crippen molar-refractivity contribution in [1.82, 2.24) is 19.9 Å². The Bertz CT molecular complexity index is 566. The fourth-order valence-electron chi connectivity index (χ4n) is 2.49. The zero-order valence-electron chi connectivity index (χ0n) is 10.8. The van der Waals surface area contributed by atoms with Crippen LogP contribution in [0.3, 0.4) is 0 Å². The molecule has 0 bridgehead atoms. The maximum atomic E-state index is 5.94. The molecule has 6 nitrogen and oxygen atoms in total. The van der Waals surface area contributed by atoms with Gasteiger partial charge < -0.3 is 14.6 Å². The molecule has 1 N–H and O–H groups in total. The van der Waals surface area contributed by atoms with Crippen LogP contribution in [-0.4, -0.2) is 46.7 Å². The summed E-state index contributed by atoms with van der Waals surface area (Å²) < 4.78 is 5.51. The number of ether oxygens (including phenoxy) is 1. The van der Waals surface area contributed by atoms with Crippen LogP contribution < -0.4 is 4.90 Å². The third-order valence-corrected chi connectivity index (χ3v) is 3.56. The fourth-order valence-corrected chi connectivity index (χ4v) is 2.65. The molecule has 0 radical (unpaired) electrons. The second kappa shape index (κ2) is 5.30. The predicted octanol–water partition coefficient (Wildman–Crippen LogP) is 1.87. The van der Waals surface area contributed by atoms with Gasteiger partial charge >= 0.3 is 0 Å². The maximum absolute atomic E-state index is 5.94. The topological polar surface area (TPSA) is 66.9 Å². The largest absolute Gasteiger partial charge is 0.381 e. The lowest BCUT2D eigenvalue weighted by molar-refractivity contribution is 0.0576. The number of hydrogen-bond donors (Lipinski definition) is 1. The summed E-state index contributed by atoms with van der Waals surface area (Å²) in [7, 11) is 2.01. The number of halogens is 1. The highest BCUT2D eigenvalue weighted by atomic mass is 35.5. The summed E-state index contributed by atoms with van der Waals surface area (Å²) in [6.45, 7) is 2.58.